The average Bonchev–Trinajstić information content (AvgIpc) is 2.85. The maximum Gasteiger partial charge on any atom is 0.338 e. The van der Waals surface area contributed by atoms with E-state index in [1.807, 2.05) is 49.4 Å². The van der Waals surface area contributed by atoms with Crippen LogP contribution in [-0.4, -0.2) is 36.0 Å². The van der Waals surface area contributed by atoms with Crippen molar-refractivity contribution in [1.82, 2.24) is 10.2 Å². The van der Waals surface area contributed by atoms with Crippen molar-refractivity contribution in [1.29, 1.82) is 0 Å². The molecule has 2 atom stereocenters. The first-order valence-corrected chi connectivity index (χ1v) is 12.3. The zero-order valence-electron chi connectivity index (χ0n) is 21.0. The Bertz CT molecular complexity index is 1060. The highest BCUT2D eigenvalue weighted by Crippen LogP contribution is 2.32. The molecule has 0 spiro atoms. The molecular formula is C28H35N3O4. The Kier molecular flexibility index (Phi) is 9.06. The predicted molar refractivity (Wildman–Crippen MR) is 137 cm³/mol. The highest BCUT2D eigenvalue weighted by molar-refractivity contribution is 5.96. The lowest BCUT2D eigenvalue weighted by atomic mass is 9.94. The van der Waals surface area contributed by atoms with Crippen LogP contribution in [0, 0.1) is 0 Å². The summed E-state index contributed by atoms with van der Waals surface area (Å²) in [7, 11) is 0. The fraction of sp³-hybridized carbons (Fsp3) is 0.393. The van der Waals surface area contributed by atoms with Crippen LogP contribution in [0.15, 0.2) is 65.9 Å². The smallest absolute Gasteiger partial charge is 0.338 e. The van der Waals surface area contributed by atoms with Gasteiger partial charge in [0.2, 0.25) is 5.91 Å². The van der Waals surface area contributed by atoms with Crippen LogP contribution >= 0.6 is 0 Å². The molecule has 2 N–H and O–H groups in total. The number of hydrogen-bond acceptors (Lipinski definition) is 4. The van der Waals surface area contributed by atoms with Crippen LogP contribution in [0.4, 0.5) is 10.5 Å². The van der Waals surface area contributed by atoms with Crippen molar-refractivity contribution in [2.75, 3.05) is 18.5 Å². The molecule has 1 heterocycles. The van der Waals surface area contributed by atoms with E-state index >= 15 is 0 Å². The molecule has 2 aromatic rings. The molecule has 3 rings (SSSR count). The second kappa shape index (κ2) is 12.2. The molecule has 7 heteroatoms. The van der Waals surface area contributed by atoms with Crippen LogP contribution in [0.1, 0.15) is 70.0 Å². The fourth-order valence-corrected chi connectivity index (χ4v) is 4.34. The molecule has 7 nitrogen and oxygen atoms in total. The van der Waals surface area contributed by atoms with Gasteiger partial charge in [0.05, 0.1) is 24.1 Å². The van der Waals surface area contributed by atoms with E-state index in [-0.39, 0.29) is 24.5 Å². The van der Waals surface area contributed by atoms with E-state index in [4.69, 9.17) is 4.74 Å². The van der Waals surface area contributed by atoms with Gasteiger partial charge in [-0.1, -0.05) is 62.7 Å². The third-order valence-corrected chi connectivity index (χ3v) is 6.27. The van der Waals surface area contributed by atoms with Crippen LogP contribution in [0.2, 0.25) is 0 Å². The molecule has 3 amide bonds. The number of hydrogen-bond donors (Lipinski definition) is 2. The molecule has 0 aromatic heterocycles. The molecule has 2 aromatic carbocycles. The minimum Gasteiger partial charge on any atom is -0.463 e. The second-order valence-electron chi connectivity index (χ2n) is 8.59. The number of amides is 3. The van der Waals surface area contributed by atoms with Crippen LogP contribution < -0.4 is 10.6 Å². The summed E-state index contributed by atoms with van der Waals surface area (Å²) in [5.41, 5.74) is 3.40. The summed E-state index contributed by atoms with van der Waals surface area (Å²) >= 11 is 0. The standard InChI is InChI=1S/C28H35N3O4/c1-5-8-18-31-19(4)24(27(33)35-7-3)25(30-28(31)34)21-14-16-22(17-15-21)29-26(32)23(6-2)20-12-10-9-11-13-20/h9-17,23,25H,5-8,18H2,1-4H3,(H,29,32)(H,30,34). The molecule has 0 fully saturated rings. The van der Waals surface area contributed by atoms with Gasteiger partial charge in [-0.15, -0.1) is 0 Å². The number of ether oxygens (including phenoxy) is 1. The maximum absolute atomic E-state index is 12.9. The lowest BCUT2D eigenvalue weighted by molar-refractivity contribution is -0.139. The Morgan fingerprint density at radius 1 is 1.06 bits per heavy atom. The number of rotatable bonds is 10. The Hall–Kier alpha value is -3.61. The Morgan fingerprint density at radius 3 is 2.34 bits per heavy atom. The number of unbranched alkanes of at least 4 members (excludes halogenated alkanes) is 1. The van der Waals surface area contributed by atoms with Gasteiger partial charge in [0.25, 0.3) is 0 Å². The van der Waals surface area contributed by atoms with Gasteiger partial charge in [0.15, 0.2) is 0 Å². The number of carbonyl (C=O) groups excluding carboxylic acids is 3. The van der Waals surface area contributed by atoms with Crippen molar-refractivity contribution >= 4 is 23.6 Å². The van der Waals surface area contributed by atoms with E-state index in [1.165, 1.54) is 0 Å². The Labute approximate surface area is 207 Å². The number of carbonyl (C=O) groups is 3. The highest BCUT2D eigenvalue weighted by Gasteiger charge is 2.36. The van der Waals surface area contributed by atoms with Crippen LogP contribution in [0.3, 0.4) is 0 Å². The monoisotopic (exact) mass is 477 g/mol. The number of nitrogens with zero attached hydrogens (tertiary/aromatic N) is 1. The summed E-state index contributed by atoms with van der Waals surface area (Å²) in [5, 5.41) is 5.95. The zero-order chi connectivity index (χ0) is 25.4. The van der Waals surface area contributed by atoms with Crippen molar-refractivity contribution in [2.24, 2.45) is 0 Å². The summed E-state index contributed by atoms with van der Waals surface area (Å²) in [6.45, 7) is 8.37. The molecule has 0 radical (unpaired) electrons. The van der Waals surface area contributed by atoms with E-state index < -0.39 is 12.0 Å². The predicted octanol–water partition coefficient (Wildman–Crippen LogP) is 5.52. The van der Waals surface area contributed by atoms with E-state index in [1.54, 1.807) is 30.9 Å². The SMILES string of the molecule is CCCCN1C(=O)NC(c2ccc(NC(=O)C(CC)c3ccccc3)cc2)C(C(=O)OCC)=C1C. The Morgan fingerprint density at radius 2 is 1.74 bits per heavy atom. The number of benzene rings is 2. The molecule has 35 heavy (non-hydrogen) atoms. The topological polar surface area (TPSA) is 87.7 Å². The van der Waals surface area contributed by atoms with Crippen LogP contribution in [0.25, 0.3) is 0 Å². The molecule has 186 valence electrons. The molecule has 1 aliphatic heterocycles. The third kappa shape index (κ3) is 6.10. The number of esters is 1. The van der Waals surface area contributed by atoms with Gasteiger partial charge in [-0.3, -0.25) is 9.69 Å². The molecule has 0 saturated heterocycles. The maximum atomic E-state index is 12.9. The number of urea groups is 1. The minimum absolute atomic E-state index is 0.0769. The van der Waals surface area contributed by atoms with Crippen molar-refractivity contribution in [2.45, 2.75) is 58.9 Å². The molecule has 0 saturated carbocycles. The quantitative estimate of drug-likeness (QED) is 0.441. The van der Waals surface area contributed by atoms with Gasteiger partial charge < -0.3 is 15.4 Å². The number of allylic oxidation sites excluding steroid dienone is 1. The first-order chi connectivity index (χ1) is 16.9. The van der Waals surface area contributed by atoms with Gasteiger partial charge >= 0.3 is 12.0 Å². The van der Waals surface area contributed by atoms with Crippen molar-refractivity contribution in [3.63, 3.8) is 0 Å². The first kappa shape index (κ1) is 26.0. The normalized spacial score (nSPS) is 16.5. The van der Waals surface area contributed by atoms with Crippen molar-refractivity contribution in [3.05, 3.63) is 77.0 Å². The Balaban J connectivity index is 1.83. The van der Waals surface area contributed by atoms with Gasteiger partial charge in [-0.2, -0.15) is 0 Å². The molecular weight excluding hydrogens is 442 g/mol. The summed E-state index contributed by atoms with van der Waals surface area (Å²) in [5.74, 6) is -0.766. The van der Waals surface area contributed by atoms with Gasteiger partial charge in [-0.05, 0) is 49.9 Å². The highest BCUT2D eigenvalue weighted by atomic mass is 16.5. The van der Waals surface area contributed by atoms with Crippen molar-refractivity contribution in [3.8, 4) is 0 Å². The third-order valence-electron chi connectivity index (χ3n) is 6.27. The van der Waals surface area contributed by atoms with Gasteiger partial charge in [0, 0.05) is 17.9 Å². The lowest BCUT2D eigenvalue weighted by Crippen LogP contribution is -2.48. The van der Waals surface area contributed by atoms with E-state index in [2.05, 4.69) is 17.6 Å². The average molecular weight is 478 g/mol. The van der Waals surface area contributed by atoms with Crippen LogP contribution in [-0.2, 0) is 14.3 Å². The minimum atomic E-state index is -0.628. The van der Waals surface area contributed by atoms with Gasteiger partial charge in [0.1, 0.15) is 0 Å². The molecule has 2 unspecified atom stereocenters. The van der Waals surface area contributed by atoms with Gasteiger partial charge in [-0.25, -0.2) is 9.59 Å². The molecule has 1 aliphatic rings. The first-order valence-electron chi connectivity index (χ1n) is 12.3. The van der Waals surface area contributed by atoms with Crippen LogP contribution in [0.5, 0.6) is 0 Å². The summed E-state index contributed by atoms with van der Waals surface area (Å²) in [6, 6.07) is 16.1. The van der Waals surface area contributed by atoms with E-state index in [0.29, 0.717) is 29.9 Å². The number of anilines is 1. The summed E-state index contributed by atoms with van der Waals surface area (Å²) in [4.78, 5) is 40.2. The molecule has 0 aliphatic carbocycles. The second-order valence-corrected chi connectivity index (χ2v) is 8.59. The summed E-state index contributed by atoms with van der Waals surface area (Å²) in [6.07, 6.45) is 2.46. The zero-order valence-corrected chi connectivity index (χ0v) is 21.0. The van der Waals surface area contributed by atoms with E-state index in [9.17, 15) is 14.4 Å². The van der Waals surface area contributed by atoms with E-state index in [0.717, 1.165) is 24.0 Å². The van der Waals surface area contributed by atoms with Crippen molar-refractivity contribution < 1.29 is 19.1 Å². The largest absolute Gasteiger partial charge is 0.463 e. The summed E-state index contributed by atoms with van der Waals surface area (Å²) < 4.78 is 5.32. The number of nitrogens with one attached hydrogen (secondary N) is 2. The fourth-order valence-electron chi connectivity index (χ4n) is 4.34. The lowest BCUT2D eigenvalue weighted by Gasteiger charge is -2.35. The molecule has 0 bridgehead atoms.